The van der Waals surface area contributed by atoms with Gasteiger partial charge in [0.05, 0.1) is 18.0 Å². The van der Waals surface area contributed by atoms with Crippen LogP contribution in [0.25, 0.3) is 0 Å². The first-order valence-corrected chi connectivity index (χ1v) is 11.7. The second-order valence-corrected chi connectivity index (χ2v) is 8.73. The molecule has 1 N–H and O–H groups in total. The van der Waals surface area contributed by atoms with Gasteiger partial charge < -0.3 is 9.84 Å². The molecule has 1 unspecified atom stereocenters. The molecule has 1 aliphatic heterocycles. The maximum Gasteiger partial charge on any atom is 0.330 e. The van der Waals surface area contributed by atoms with E-state index in [1.54, 1.807) is 25.1 Å². The highest BCUT2D eigenvalue weighted by Gasteiger charge is 2.29. The van der Waals surface area contributed by atoms with Crippen LogP contribution in [-0.2, 0) is 25.5 Å². The predicted octanol–water partition coefficient (Wildman–Crippen LogP) is 4.12. The van der Waals surface area contributed by atoms with Gasteiger partial charge in [-0.2, -0.15) is 0 Å². The number of carbonyl (C=O) groups is 3. The number of ether oxygens (including phenoxy) is 1. The number of benzene rings is 2. The van der Waals surface area contributed by atoms with Gasteiger partial charge in [-0.15, -0.1) is 11.8 Å². The Morgan fingerprint density at radius 2 is 2.00 bits per heavy atom. The predicted molar refractivity (Wildman–Crippen MR) is 125 cm³/mol. The number of thioether (sulfide) groups is 1. The summed E-state index contributed by atoms with van der Waals surface area (Å²) in [4.78, 5) is 38.6. The first-order chi connectivity index (χ1) is 15.4. The maximum absolute atomic E-state index is 12.7. The molecule has 2 aromatic carbocycles. The van der Waals surface area contributed by atoms with Crippen LogP contribution in [0.4, 0.5) is 11.4 Å². The van der Waals surface area contributed by atoms with Gasteiger partial charge in [-0.05, 0) is 43.5 Å². The molecule has 0 fully saturated rings. The molecular formula is C23H25ClN2O5S. The lowest BCUT2D eigenvalue weighted by Crippen LogP contribution is -2.38. The number of hydrogen-bond donors (Lipinski definition) is 1. The number of carboxylic acids is 1. The van der Waals surface area contributed by atoms with E-state index in [1.807, 2.05) is 30.3 Å². The van der Waals surface area contributed by atoms with Crippen molar-refractivity contribution in [3.05, 3.63) is 54.1 Å². The molecule has 2 aromatic rings. The zero-order chi connectivity index (χ0) is 23.1. The van der Waals surface area contributed by atoms with Crippen LogP contribution in [0.5, 0.6) is 0 Å². The molecule has 1 heterocycles. The van der Waals surface area contributed by atoms with Crippen molar-refractivity contribution in [3.63, 3.8) is 0 Å². The van der Waals surface area contributed by atoms with E-state index in [9.17, 15) is 19.5 Å². The highest BCUT2D eigenvalue weighted by molar-refractivity contribution is 7.99. The van der Waals surface area contributed by atoms with Crippen LogP contribution >= 0.6 is 23.5 Å². The Balaban J connectivity index is 1.90. The molecule has 32 heavy (non-hydrogen) atoms. The van der Waals surface area contributed by atoms with E-state index in [0.717, 1.165) is 10.5 Å². The van der Waals surface area contributed by atoms with E-state index < -0.39 is 24.5 Å². The molecule has 3 rings (SSSR count). The van der Waals surface area contributed by atoms with Gasteiger partial charge >= 0.3 is 11.9 Å². The standard InChI is InChI=1S/C23H25ClN2O5S/c1-2-31-23(30)18(10-8-16-6-4-3-5-7-16)26(24)17-9-11-20-19(14-17)25(15-22(28)29)21(27)12-13-32-20/h3-7,9,11,14,18H,2,8,10,12-13,15H2,1H3,(H,28,29). The zero-order valence-electron chi connectivity index (χ0n) is 17.7. The fourth-order valence-corrected chi connectivity index (χ4v) is 4.75. The number of carbonyl (C=O) groups excluding carboxylic acids is 2. The third-order valence-electron chi connectivity index (χ3n) is 5.03. The van der Waals surface area contributed by atoms with Crippen molar-refractivity contribution < 1.29 is 24.2 Å². The molecule has 0 bridgehead atoms. The Labute approximate surface area is 196 Å². The number of hydrogen-bond acceptors (Lipinski definition) is 6. The monoisotopic (exact) mass is 476 g/mol. The number of aryl methyl sites for hydroxylation is 1. The molecule has 1 amide bonds. The summed E-state index contributed by atoms with van der Waals surface area (Å²) in [6, 6.07) is 14.2. The van der Waals surface area contributed by atoms with Crippen LogP contribution in [0.3, 0.4) is 0 Å². The molecule has 1 aliphatic rings. The van der Waals surface area contributed by atoms with Crippen molar-refractivity contribution in [3.8, 4) is 0 Å². The molecule has 0 saturated heterocycles. The molecule has 7 nitrogen and oxygen atoms in total. The topological polar surface area (TPSA) is 87.2 Å². The van der Waals surface area contributed by atoms with Crippen LogP contribution in [0.15, 0.2) is 53.4 Å². The zero-order valence-corrected chi connectivity index (χ0v) is 19.3. The van der Waals surface area contributed by atoms with E-state index >= 15 is 0 Å². The lowest BCUT2D eigenvalue weighted by molar-refractivity contribution is -0.144. The maximum atomic E-state index is 12.7. The minimum Gasteiger partial charge on any atom is -0.480 e. The average Bonchev–Trinajstić information content (AvgIpc) is 2.92. The Hall–Kier alpha value is -2.71. The SMILES string of the molecule is CCOC(=O)C(CCc1ccccc1)N(Cl)c1ccc2c(c1)N(CC(=O)O)C(=O)CCS2. The lowest BCUT2D eigenvalue weighted by Gasteiger charge is -2.27. The van der Waals surface area contributed by atoms with Gasteiger partial charge in [0.15, 0.2) is 0 Å². The highest BCUT2D eigenvalue weighted by Crippen LogP contribution is 2.38. The first-order valence-electron chi connectivity index (χ1n) is 10.3. The quantitative estimate of drug-likeness (QED) is 0.430. The summed E-state index contributed by atoms with van der Waals surface area (Å²) in [5.74, 6) is -1.24. The summed E-state index contributed by atoms with van der Waals surface area (Å²) < 4.78 is 6.57. The second kappa shape index (κ2) is 11.2. The summed E-state index contributed by atoms with van der Waals surface area (Å²) in [5, 5.41) is 9.28. The van der Waals surface area contributed by atoms with Crippen molar-refractivity contribution in [2.75, 3.05) is 28.2 Å². The summed E-state index contributed by atoms with van der Waals surface area (Å²) >= 11 is 8.13. The van der Waals surface area contributed by atoms with Crippen molar-refractivity contribution in [1.82, 2.24) is 0 Å². The Morgan fingerprint density at radius 3 is 2.69 bits per heavy atom. The van der Waals surface area contributed by atoms with Crippen LogP contribution in [0, 0.1) is 0 Å². The van der Waals surface area contributed by atoms with E-state index in [1.165, 1.54) is 21.1 Å². The van der Waals surface area contributed by atoms with Gasteiger partial charge in [0.1, 0.15) is 12.6 Å². The highest BCUT2D eigenvalue weighted by atomic mass is 35.5. The molecule has 1 atom stereocenters. The molecule has 0 aromatic heterocycles. The summed E-state index contributed by atoms with van der Waals surface area (Å²) in [5.41, 5.74) is 2.04. The number of amides is 1. The van der Waals surface area contributed by atoms with Crippen LogP contribution < -0.4 is 9.32 Å². The third kappa shape index (κ3) is 5.95. The van der Waals surface area contributed by atoms with Crippen molar-refractivity contribution >= 4 is 52.8 Å². The molecule has 0 radical (unpaired) electrons. The number of anilines is 2. The van der Waals surface area contributed by atoms with Crippen LogP contribution in [0.2, 0.25) is 0 Å². The van der Waals surface area contributed by atoms with Crippen molar-refractivity contribution in [2.24, 2.45) is 0 Å². The van der Waals surface area contributed by atoms with Gasteiger partial charge in [0, 0.05) is 28.8 Å². The Kier molecular flexibility index (Phi) is 8.41. The van der Waals surface area contributed by atoms with E-state index in [-0.39, 0.29) is 18.9 Å². The van der Waals surface area contributed by atoms with Gasteiger partial charge in [-0.1, -0.05) is 30.3 Å². The number of nitrogens with zero attached hydrogens (tertiary/aromatic N) is 2. The number of rotatable bonds is 9. The Bertz CT molecular complexity index is 972. The summed E-state index contributed by atoms with van der Waals surface area (Å²) in [7, 11) is 0. The minimum absolute atomic E-state index is 0.229. The smallest absolute Gasteiger partial charge is 0.330 e. The normalized spacial score (nSPS) is 14.3. The average molecular weight is 477 g/mol. The molecular weight excluding hydrogens is 452 g/mol. The number of aliphatic carboxylic acids is 1. The Morgan fingerprint density at radius 1 is 1.25 bits per heavy atom. The molecule has 9 heteroatoms. The first kappa shape index (κ1) is 23.9. The number of esters is 1. The van der Waals surface area contributed by atoms with Crippen LogP contribution in [0.1, 0.15) is 25.3 Å². The van der Waals surface area contributed by atoms with Gasteiger partial charge in [0.25, 0.3) is 0 Å². The molecule has 0 spiro atoms. The third-order valence-corrected chi connectivity index (χ3v) is 6.52. The van der Waals surface area contributed by atoms with E-state index in [2.05, 4.69) is 0 Å². The van der Waals surface area contributed by atoms with Crippen LogP contribution in [-0.4, -0.2) is 47.9 Å². The van der Waals surface area contributed by atoms with Crippen molar-refractivity contribution in [2.45, 2.75) is 37.1 Å². The fourth-order valence-electron chi connectivity index (χ4n) is 3.49. The van der Waals surface area contributed by atoms with Gasteiger partial charge in [0.2, 0.25) is 5.91 Å². The molecule has 0 saturated carbocycles. The fraction of sp³-hybridized carbons (Fsp3) is 0.348. The lowest BCUT2D eigenvalue weighted by atomic mass is 10.0. The largest absolute Gasteiger partial charge is 0.480 e. The molecule has 170 valence electrons. The van der Waals surface area contributed by atoms with Gasteiger partial charge in [-0.25, -0.2) is 4.79 Å². The minimum atomic E-state index is -1.10. The van der Waals surface area contributed by atoms with Crippen molar-refractivity contribution in [1.29, 1.82) is 0 Å². The second-order valence-electron chi connectivity index (χ2n) is 7.23. The van der Waals surface area contributed by atoms with E-state index in [4.69, 9.17) is 16.5 Å². The number of halogens is 1. The van der Waals surface area contributed by atoms with E-state index in [0.29, 0.717) is 30.0 Å². The van der Waals surface area contributed by atoms with Gasteiger partial charge in [-0.3, -0.25) is 18.9 Å². The summed E-state index contributed by atoms with van der Waals surface area (Å²) in [6.07, 6.45) is 1.29. The molecule has 0 aliphatic carbocycles. The summed E-state index contributed by atoms with van der Waals surface area (Å²) in [6.45, 7) is 1.53. The number of carboxylic acid groups (broad SMARTS) is 1. The number of fused-ring (bicyclic) bond motifs is 1.